The van der Waals surface area contributed by atoms with E-state index in [-0.39, 0.29) is 37.2 Å². The minimum absolute atomic E-state index is 0. The van der Waals surface area contributed by atoms with Gasteiger partial charge < -0.3 is 37.2 Å². The van der Waals surface area contributed by atoms with E-state index in [2.05, 4.69) is 66.3 Å². The van der Waals surface area contributed by atoms with E-state index in [1.807, 2.05) is 20.8 Å². The Kier molecular flexibility index (Phi) is 16.9. The molecule has 0 spiro atoms. The molecule has 3 aromatic rings. The van der Waals surface area contributed by atoms with E-state index < -0.39 is 11.4 Å². The summed E-state index contributed by atoms with van der Waals surface area (Å²) in [5, 5.41) is 2.77. The third-order valence-electron chi connectivity index (χ3n) is 10.7. The van der Waals surface area contributed by atoms with Gasteiger partial charge in [0.1, 0.15) is 0 Å². The van der Waals surface area contributed by atoms with Gasteiger partial charge in [0.15, 0.2) is 0 Å². The monoisotopic (exact) mass is 844 g/mol. The van der Waals surface area contributed by atoms with E-state index in [1.165, 1.54) is 22.3 Å². The van der Waals surface area contributed by atoms with Crippen LogP contribution in [-0.4, -0.2) is 72.1 Å². The van der Waals surface area contributed by atoms with Crippen molar-refractivity contribution in [3.8, 4) is 51.7 Å². The van der Waals surface area contributed by atoms with Crippen LogP contribution >= 0.6 is 0 Å². The zero-order chi connectivity index (χ0) is 37.5. The molecule has 0 atom stereocenters. The summed E-state index contributed by atoms with van der Waals surface area (Å²) in [4.78, 5) is 0. The molecule has 0 radical (unpaired) electrons. The summed E-state index contributed by atoms with van der Waals surface area (Å²) in [5.41, 5.74) is 7.29. The predicted octanol–water partition coefficient (Wildman–Crippen LogP) is -2.90. The van der Waals surface area contributed by atoms with Gasteiger partial charge in [0.05, 0.1) is 0 Å². The molecule has 0 heterocycles. The number of hydrogen-bond donors (Lipinski definition) is 0. The average Bonchev–Trinajstić information content (AvgIpc) is 3.26. The standard InChI is InChI=1S/C39H51O9Si.3ClH.Ti/c1-20-21(2)23(4)39(22(20)3)49(30-17-27(40-8)33(43-11)24(5)36(30)46-14,31-18-28(41-9)34(44-12)25(6)37(31)47-15)32-19-29(42-10)35(45-13)26(7)38(32)48-16;;;;/h17-19H,1-16H3;3*1H;/q;;;;+3/p-3. The van der Waals surface area contributed by atoms with Gasteiger partial charge in [-0.3, -0.25) is 0 Å². The maximum absolute atomic E-state index is 6.48. The van der Waals surface area contributed by atoms with E-state index in [4.69, 9.17) is 42.6 Å². The molecule has 0 saturated carbocycles. The van der Waals surface area contributed by atoms with Gasteiger partial charge in [0, 0.05) is 0 Å². The van der Waals surface area contributed by atoms with E-state index in [1.54, 1.807) is 64.0 Å². The van der Waals surface area contributed by atoms with Crippen LogP contribution in [-0.2, 0) is 20.4 Å². The molecule has 3 aromatic carbocycles. The first kappa shape index (κ1) is 48.2. The number of rotatable bonds is 13. The zero-order valence-electron chi connectivity index (χ0n) is 33.5. The fourth-order valence-electron chi connectivity index (χ4n) is 8.11. The van der Waals surface area contributed by atoms with Crippen molar-refractivity contribution < 1.29 is 100 Å². The summed E-state index contributed by atoms with van der Waals surface area (Å²) in [6.45, 7) is 14.9. The van der Waals surface area contributed by atoms with Crippen LogP contribution in [0.4, 0.5) is 0 Å². The third-order valence-corrected chi connectivity index (χ3v) is 19.1. The Morgan fingerprint density at radius 3 is 0.811 bits per heavy atom. The Labute approximate surface area is 346 Å². The van der Waals surface area contributed by atoms with Gasteiger partial charge in [0.2, 0.25) is 0 Å². The summed E-state index contributed by atoms with van der Waals surface area (Å²) in [6.07, 6.45) is 0. The van der Waals surface area contributed by atoms with Crippen LogP contribution in [0.3, 0.4) is 0 Å². The molecule has 0 saturated heterocycles. The molecule has 290 valence electrons. The van der Waals surface area contributed by atoms with Crippen LogP contribution in [0.15, 0.2) is 40.5 Å². The van der Waals surface area contributed by atoms with Crippen LogP contribution in [0.1, 0.15) is 44.4 Å². The average molecular weight is 846 g/mol. The predicted molar refractivity (Wildman–Crippen MR) is 197 cm³/mol. The molecular weight excluding hydrogens is 795 g/mol. The molecule has 14 heteroatoms. The minimum Gasteiger partial charge on any atom is -1.00 e. The SMILES string of the molecule is COc1cc([Si](c2cc(OC)c(OC)c(C)c2OC)(c2cc(OC)c(OC)c(C)c2OC)[C]2([Ti+3])C(C)=C(C)C(C)=C2C)c(OC)c(C)c1OC.[Cl-].[Cl-].[Cl-]. The smallest absolute Gasteiger partial charge is 1.00 e. The number of methoxy groups -OCH3 is 9. The maximum Gasteiger partial charge on any atom is -1.00 e. The molecule has 0 N–H and O–H groups in total. The topological polar surface area (TPSA) is 83.1 Å². The van der Waals surface area contributed by atoms with Crippen molar-refractivity contribution in [2.45, 2.75) is 51.8 Å². The summed E-state index contributed by atoms with van der Waals surface area (Å²) in [7, 11) is 11.2. The van der Waals surface area contributed by atoms with Crippen LogP contribution < -0.4 is 95.4 Å². The van der Waals surface area contributed by atoms with E-state index >= 15 is 0 Å². The second-order valence-electron chi connectivity index (χ2n) is 12.5. The number of benzene rings is 3. The Hall–Kier alpha value is -2.86. The molecule has 4 rings (SSSR count). The molecule has 0 unspecified atom stereocenters. The van der Waals surface area contributed by atoms with Crippen LogP contribution in [0.5, 0.6) is 51.7 Å². The first-order chi connectivity index (χ1) is 23.7. The molecule has 53 heavy (non-hydrogen) atoms. The largest absolute Gasteiger partial charge is 1.00 e. The van der Waals surface area contributed by atoms with E-state index in [0.29, 0.717) is 51.7 Å². The fourth-order valence-corrected chi connectivity index (χ4v) is 17.1. The van der Waals surface area contributed by atoms with Crippen molar-refractivity contribution in [2.24, 2.45) is 0 Å². The summed E-state index contributed by atoms with van der Waals surface area (Å²) >= 11 is 2.34. The Morgan fingerprint density at radius 2 is 0.623 bits per heavy atom. The van der Waals surface area contributed by atoms with Crippen molar-refractivity contribution in [1.82, 2.24) is 0 Å². The number of ether oxygens (including phenoxy) is 9. The second kappa shape index (κ2) is 18.7. The zero-order valence-corrected chi connectivity index (χ0v) is 38.4. The van der Waals surface area contributed by atoms with Crippen molar-refractivity contribution in [1.29, 1.82) is 0 Å². The molecule has 0 amide bonds. The van der Waals surface area contributed by atoms with Crippen LogP contribution in [0.2, 0.25) is 3.34 Å². The maximum atomic E-state index is 6.48. The van der Waals surface area contributed by atoms with Crippen LogP contribution in [0, 0.1) is 20.8 Å². The summed E-state index contributed by atoms with van der Waals surface area (Å²) in [6, 6.07) is 6.22. The summed E-state index contributed by atoms with van der Waals surface area (Å²) < 4.78 is 54.9. The van der Waals surface area contributed by atoms with Crippen molar-refractivity contribution >= 4 is 23.6 Å². The van der Waals surface area contributed by atoms with Crippen LogP contribution in [0.25, 0.3) is 0 Å². The fraction of sp³-hybridized carbons (Fsp3) is 0.436. The van der Waals surface area contributed by atoms with Gasteiger partial charge in [-0.05, 0) is 0 Å². The van der Waals surface area contributed by atoms with Crippen molar-refractivity contribution in [2.75, 3.05) is 64.0 Å². The van der Waals surface area contributed by atoms with Gasteiger partial charge in [-0.15, -0.1) is 0 Å². The normalized spacial score (nSPS) is 13.3. The summed E-state index contributed by atoms with van der Waals surface area (Å²) in [5.74, 6) is 5.49. The van der Waals surface area contributed by atoms with E-state index in [0.717, 1.165) is 32.3 Å². The third kappa shape index (κ3) is 6.86. The molecule has 9 nitrogen and oxygen atoms in total. The quantitative estimate of drug-likeness (QED) is 0.133. The molecule has 0 aliphatic heterocycles. The van der Waals surface area contributed by atoms with Gasteiger partial charge >= 0.3 is 311 Å². The number of halogens is 3. The molecular formula is C39H51Cl3O9SiTi. The Balaban J connectivity index is 0.00000468. The first-order valence-electron chi connectivity index (χ1n) is 16.2. The minimum atomic E-state index is -3.76. The molecule has 0 aromatic heterocycles. The van der Waals surface area contributed by atoms with Gasteiger partial charge in [-0.1, -0.05) is 0 Å². The Bertz CT molecular complexity index is 1700. The first-order valence-corrected chi connectivity index (χ1v) is 19.0. The second-order valence-corrected chi connectivity index (χ2v) is 18.3. The number of allylic oxidation sites excluding steroid dienone is 4. The Morgan fingerprint density at radius 1 is 0.396 bits per heavy atom. The van der Waals surface area contributed by atoms with Crippen molar-refractivity contribution in [3.05, 3.63) is 57.2 Å². The van der Waals surface area contributed by atoms with Crippen molar-refractivity contribution in [3.63, 3.8) is 0 Å². The van der Waals surface area contributed by atoms with Gasteiger partial charge in [-0.25, -0.2) is 0 Å². The van der Waals surface area contributed by atoms with Gasteiger partial charge in [0.25, 0.3) is 0 Å². The molecule has 0 bridgehead atoms. The molecule has 1 aliphatic rings. The molecule has 1 aliphatic carbocycles. The van der Waals surface area contributed by atoms with E-state index in [9.17, 15) is 0 Å². The molecule has 0 fully saturated rings. The van der Waals surface area contributed by atoms with Gasteiger partial charge in [-0.2, -0.15) is 0 Å². The number of hydrogen-bond acceptors (Lipinski definition) is 9.